The van der Waals surface area contributed by atoms with E-state index in [9.17, 15) is 0 Å². The molecule has 1 heterocycles. The van der Waals surface area contributed by atoms with E-state index in [0.717, 1.165) is 30.2 Å². The second-order valence-corrected chi connectivity index (χ2v) is 4.43. The molecule has 1 unspecified atom stereocenters. The lowest BCUT2D eigenvalue weighted by Gasteiger charge is -2.13. The number of nitrogens with one attached hydrogen (secondary N) is 1. The van der Waals surface area contributed by atoms with Gasteiger partial charge in [-0.25, -0.2) is 0 Å². The number of halogens is 1. The first-order valence-electron chi connectivity index (χ1n) is 5.52. The van der Waals surface area contributed by atoms with Crippen molar-refractivity contribution in [1.29, 1.82) is 0 Å². The molecule has 0 amide bonds. The van der Waals surface area contributed by atoms with Gasteiger partial charge in [-0.3, -0.25) is 4.68 Å². The van der Waals surface area contributed by atoms with Crippen LogP contribution >= 0.6 is 11.6 Å². The molecule has 0 saturated heterocycles. The van der Waals surface area contributed by atoms with E-state index >= 15 is 0 Å². The largest absolute Gasteiger partial charge is 0.383 e. The summed E-state index contributed by atoms with van der Waals surface area (Å²) in [7, 11) is 3.65. The van der Waals surface area contributed by atoms with Gasteiger partial charge in [0, 0.05) is 7.11 Å². The van der Waals surface area contributed by atoms with E-state index in [2.05, 4.69) is 17.3 Å². The quantitative estimate of drug-likeness (QED) is 0.793. The summed E-state index contributed by atoms with van der Waals surface area (Å²) in [5, 5.41) is 8.16. The monoisotopic (exact) mass is 245 g/mol. The van der Waals surface area contributed by atoms with Gasteiger partial charge in [0.2, 0.25) is 0 Å². The number of hydrogen-bond acceptors (Lipinski definition) is 3. The predicted octanol–water partition coefficient (Wildman–Crippen LogP) is 1.58. The molecular formula is C11H20ClN3O. The smallest absolute Gasteiger partial charge is 0.0817 e. The molecule has 0 aromatic carbocycles. The second kappa shape index (κ2) is 6.89. The Kier molecular flexibility index (Phi) is 5.80. The summed E-state index contributed by atoms with van der Waals surface area (Å²) in [5.41, 5.74) is 1.10. The summed E-state index contributed by atoms with van der Waals surface area (Å²) in [5.74, 6) is 0.542. The van der Waals surface area contributed by atoms with Gasteiger partial charge in [-0.2, -0.15) is 5.10 Å². The molecule has 4 nitrogen and oxygen atoms in total. The molecule has 16 heavy (non-hydrogen) atoms. The van der Waals surface area contributed by atoms with Crippen LogP contribution in [0, 0.1) is 5.92 Å². The summed E-state index contributed by atoms with van der Waals surface area (Å²) in [4.78, 5) is 0. The van der Waals surface area contributed by atoms with Crippen molar-refractivity contribution >= 4 is 11.6 Å². The first kappa shape index (κ1) is 13.5. The van der Waals surface area contributed by atoms with Crippen molar-refractivity contribution in [1.82, 2.24) is 15.1 Å². The molecule has 1 aromatic rings. The van der Waals surface area contributed by atoms with Gasteiger partial charge in [-0.1, -0.05) is 18.5 Å². The highest BCUT2D eigenvalue weighted by Gasteiger charge is 2.12. The van der Waals surface area contributed by atoms with E-state index in [-0.39, 0.29) is 0 Å². The van der Waals surface area contributed by atoms with Gasteiger partial charge in [0.25, 0.3) is 0 Å². The number of nitrogens with zero attached hydrogens (tertiary/aromatic N) is 2. The van der Waals surface area contributed by atoms with Crippen molar-refractivity contribution in [2.45, 2.75) is 19.9 Å². The van der Waals surface area contributed by atoms with Crippen molar-refractivity contribution in [3.8, 4) is 0 Å². The highest BCUT2D eigenvalue weighted by atomic mass is 35.5. The first-order chi connectivity index (χ1) is 7.69. The van der Waals surface area contributed by atoms with Crippen molar-refractivity contribution in [3.05, 3.63) is 16.9 Å². The van der Waals surface area contributed by atoms with Gasteiger partial charge in [0.1, 0.15) is 0 Å². The molecule has 0 aliphatic rings. The minimum atomic E-state index is 0.542. The van der Waals surface area contributed by atoms with Crippen LogP contribution in [0.15, 0.2) is 6.20 Å². The Morgan fingerprint density at radius 2 is 2.38 bits per heavy atom. The zero-order valence-corrected chi connectivity index (χ0v) is 10.9. The Morgan fingerprint density at radius 3 is 3.00 bits per heavy atom. The average Bonchev–Trinajstić information content (AvgIpc) is 2.58. The SMILES string of the molecule is CNCC(C)Cc1c(Cl)cnn1CCOC. The number of ether oxygens (including phenoxy) is 1. The summed E-state index contributed by atoms with van der Waals surface area (Å²) in [6.07, 6.45) is 2.64. The standard InChI is InChI=1S/C11H20ClN3O/c1-9(7-13-2)6-11-10(12)8-14-15(11)4-5-16-3/h8-9,13H,4-7H2,1-3H3. The first-order valence-corrected chi connectivity index (χ1v) is 5.90. The zero-order chi connectivity index (χ0) is 12.0. The fourth-order valence-electron chi connectivity index (χ4n) is 1.71. The maximum absolute atomic E-state index is 6.12. The van der Waals surface area contributed by atoms with E-state index in [1.807, 2.05) is 11.7 Å². The third kappa shape index (κ3) is 3.77. The van der Waals surface area contributed by atoms with Crippen LogP contribution in [0.25, 0.3) is 0 Å². The van der Waals surface area contributed by atoms with Gasteiger partial charge in [-0.15, -0.1) is 0 Å². The van der Waals surface area contributed by atoms with Crippen LogP contribution in [0.2, 0.25) is 5.02 Å². The average molecular weight is 246 g/mol. The van der Waals surface area contributed by atoms with Gasteiger partial charge >= 0.3 is 0 Å². The maximum atomic E-state index is 6.12. The highest BCUT2D eigenvalue weighted by molar-refractivity contribution is 6.31. The Morgan fingerprint density at radius 1 is 1.62 bits per heavy atom. The van der Waals surface area contributed by atoms with E-state index in [0.29, 0.717) is 12.5 Å². The lowest BCUT2D eigenvalue weighted by Crippen LogP contribution is -2.20. The fraction of sp³-hybridized carbons (Fsp3) is 0.727. The van der Waals surface area contributed by atoms with Gasteiger partial charge in [0.05, 0.1) is 30.1 Å². The Hall–Kier alpha value is -0.580. The number of methoxy groups -OCH3 is 1. The molecular weight excluding hydrogens is 226 g/mol. The van der Waals surface area contributed by atoms with E-state index in [1.165, 1.54) is 0 Å². The van der Waals surface area contributed by atoms with Crippen molar-refractivity contribution in [2.24, 2.45) is 5.92 Å². The minimum Gasteiger partial charge on any atom is -0.383 e. The summed E-state index contributed by atoms with van der Waals surface area (Å²) in [6, 6.07) is 0. The maximum Gasteiger partial charge on any atom is 0.0817 e. The van der Waals surface area contributed by atoms with Crippen molar-refractivity contribution in [3.63, 3.8) is 0 Å². The van der Waals surface area contributed by atoms with E-state index < -0.39 is 0 Å². The molecule has 0 saturated carbocycles. The Bertz CT molecular complexity index is 314. The zero-order valence-electron chi connectivity index (χ0n) is 10.2. The normalized spacial score (nSPS) is 13.0. The molecule has 0 bridgehead atoms. The van der Waals surface area contributed by atoms with Crippen LogP contribution in [0.5, 0.6) is 0 Å². The molecule has 1 N–H and O–H groups in total. The molecule has 1 atom stereocenters. The molecule has 1 aromatic heterocycles. The lowest BCUT2D eigenvalue weighted by molar-refractivity contribution is 0.182. The molecule has 5 heteroatoms. The molecule has 0 fully saturated rings. The van der Waals surface area contributed by atoms with Crippen LogP contribution in [-0.2, 0) is 17.7 Å². The van der Waals surface area contributed by atoms with Crippen molar-refractivity contribution in [2.75, 3.05) is 27.3 Å². The van der Waals surface area contributed by atoms with Crippen LogP contribution in [-0.4, -0.2) is 37.1 Å². The summed E-state index contributed by atoms with van der Waals surface area (Å²) < 4.78 is 6.97. The van der Waals surface area contributed by atoms with Crippen LogP contribution < -0.4 is 5.32 Å². The number of rotatable bonds is 7. The third-order valence-corrected chi connectivity index (χ3v) is 2.82. The molecule has 0 aliphatic heterocycles. The van der Waals surface area contributed by atoms with Crippen LogP contribution in [0.1, 0.15) is 12.6 Å². The summed E-state index contributed by atoms with van der Waals surface area (Å²) in [6.45, 7) is 4.59. The Balaban J connectivity index is 2.65. The number of hydrogen-bond donors (Lipinski definition) is 1. The lowest BCUT2D eigenvalue weighted by atomic mass is 10.1. The Labute approximate surface area is 102 Å². The topological polar surface area (TPSA) is 39.1 Å². The van der Waals surface area contributed by atoms with E-state index in [1.54, 1.807) is 13.3 Å². The number of aromatic nitrogens is 2. The second-order valence-electron chi connectivity index (χ2n) is 4.02. The van der Waals surface area contributed by atoms with Gasteiger partial charge in [0.15, 0.2) is 0 Å². The third-order valence-electron chi connectivity index (χ3n) is 2.50. The molecule has 0 radical (unpaired) electrons. The summed E-state index contributed by atoms with van der Waals surface area (Å²) >= 11 is 6.12. The van der Waals surface area contributed by atoms with Gasteiger partial charge in [-0.05, 0) is 25.9 Å². The van der Waals surface area contributed by atoms with Crippen molar-refractivity contribution < 1.29 is 4.74 Å². The fourth-order valence-corrected chi connectivity index (χ4v) is 1.93. The van der Waals surface area contributed by atoms with Crippen LogP contribution in [0.4, 0.5) is 0 Å². The molecule has 0 aliphatic carbocycles. The minimum absolute atomic E-state index is 0.542. The molecule has 0 spiro atoms. The molecule has 1 rings (SSSR count). The highest BCUT2D eigenvalue weighted by Crippen LogP contribution is 2.18. The van der Waals surface area contributed by atoms with Gasteiger partial charge < -0.3 is 10.1 Å². The molecule has 92 valence electrons. The van der Waals surface area contributed by atoms with Crippen LogP contribution in [0.3, 0.4) is 0 Å². The van der Waals surface area contributed by atoms with E-state index in [4.69, 9.17) is 16.3 Å². The predicted molar refractivity (Wildman–Crippen MR) is 65.9 cm³/mol.